The second-order valence-electron chi connectivity index (χ2n) is 6.22. The molecular weight excluding hydrogens is 400 g/mol. The van der Waals surface area contributed by atoms with Crippen molar-refractivity contribution in [2.75, 3.05) is 13.7 Å². The Labute approximate surface area is 173 Å². The molecule has 1 aromatic carbocycles. The van der Waals surface area contributed by atoms with E-state index in [1.165, 1.54) is 9.78 Å². The molecule has 0 saturated carbocycles. The zero-order valence-corrected chi connectivity index (χ0v) is 18.1. The van der Waals surface area contributed by atoms with Crippen LogP contribution in [-0.2, 0) is 19.8 Å². The Bertz CT molecular complexity index is 946. The smallest absolute Gasteiger partial charge is 0.203 e. The molecule has 1 unspecified atom stereocenters. The van der Waals surface area contributed by atoms with E-state index in [-0.39, 0.29) is 0 Å². The van der Waals surface area contributed by atoms with E-state index in [2.05, 4.69) is 24.5 Å². The SMILES string of the molecule is CCn1c(-c2ccc(OC)cc2)nn(C[NH+](CC)Cc2ccc(Cl)s2)c1=S. The number of ether oxygens (including phenoxy) is 1. The van der Waals surface area contributed by atoms with E-state index in [4.69, 9.17) is 33.7 Å². The molecule has 3 aromatic rings. The normalized spacial score (nSPS) is 12.3. The molecule has 1 N–H and O–H groups in total. The van der Waals surface area contributed by atoms with Crippen molar-refractivity contribution >= 4 is 35.2 Å². The van der Waals surface area contributed by atoms with E-state index in [1.807, 2.05) is 35.0 Å². The van der Waals surface area contributed by atoms with Crippen LogP contribution in [0.1, 0.15) is 18.7 Å². The second-order valence-corrected chi connectivity index (χ2v) is 8.39. The number of thiophene rings is 1. The summed E-state index contributed by atoms with van der Waals surface area (Å²) in [5.41, 5.74) is 1.03. The second kappa shape index (κ2) is 9.01. The van der Waals surface area contributed by atoms with Crippen molar-refractivity contribution in [1.82, 2.24) is 14.3 Å². The van der Waals surface area contributed by atoms with Gasteiger partial charge in [0.05, 0.1) is 22.9 Å². The molecule has 0 bridgehead atoms. The number of methoxy groups -OCH3 is 1. The highest BCUT2D eigenvalue weighted by atomic mass is 35.5. The van der Waals surface area contributed by atoms with Crippen LogP contribution in [0.5, 0.6) is 5.75 Å². The van der Waals surface area contributed by atoms with E-state index in [1.54, 1.807) is 18.4 Å². The summed E-state index contributed by atoms with van der Waals surface area (Å²) in [6.45, 7) is 7.66. The average Bonchev–Trinajstić information content (AvgIpc) is 3.24. The molecule has 5 nitrogen and oxygen atoms in total. The maximum atomic E-state index is 6.07. The fraction of sp³-hybridized carbons (Fsp3) is 0.368. The fourth-order valence-electron chi connectivity index (χ4n) is 2.98. The quantitative estimate of drug-likeness (QED) is 0.558. The topological polar surface area (TPSA) is 36.4 Å². The summed E-state index contributed by atoms with van der Waals surface area (Å²) in [6, 6.07) is 12.0. The minimum Gasteiger partial charge on any atom is -0.497 e. The van der Waals surface area contributed by atoms with Crippen molar-refractivity contribution in [3.8, 4) is 17.1 Å². The van der Waals surface area contributed by atoms with E-state index in [0.29, 0.717) is 0 Å². The van der Waals surface area contributed by atoms with Gasteiger partial charge in [-0.3, -0.25) is 0 Å². The van der Waals surface area contributed by atoms with Crippen molar-refractivity contribution in [3.05, 3.63) is 50.4 Å². The van der Waals surface area contributed by atoms with Gasteiger partial charge in [-0.05, 0) is 62.5 Å². The molecule has 0 spiro atoms. The first-order chi connectivity index (χ1) is 13.0. The molecule has 1 atom stereocenters. The zero-order valence-electron chi connectivity index (χ0n) is 15.7. The summed E-state index contributed by atoms with van der Waals surface area (Å²) >= 11 is 13.4. The van der Waals surface area contributed by atoms with Crippen LogP contribution >= 0.6 is 35.2 Å². The first-order valence-electron chi connectivity index (χ1n) is 8.95. The Morgan fingerprint density at radius 3 is 2.48 bits per heavy atom. The van der Waals surface area contributed by atoms with Crippen molar-refractivity contribution in [2.45, 2.75) is 33.6 Å². The molecule has 2 heterocycles. The Hall–Kier alpha value is -1.67. The van der Waals surface area contributed by atoms with Gasteiger partial charge in [0, 0.05) is 12.1 Å². The van der Waals surface area contributed by atoms with E-state index in [9.17, 15) is 0 Å². The lowest BCUT2D eigenvalue weighted by atomic mass is 10.2. The molecular formula is C19H24ClN4OS2+. The molecule has 0 aliphatic rings. The van der Waals surface area contributed by atoms with Crippen LogP contribution < -0.4 is 9.64 Å². The van der Waals surface area contributed by atoms with Crippen LogP contribution in [0.25, 0.3) is 11.4 Å². The minimum atomic E-state index is 0.723. The highest BCUT2D eigenvalue weighted by molar-refractivity contribution is 7.71. The molecule has 0 fully saturated rings. The number of hydrogen-bond donors (Lipinski definition) is 1. The molecule has 0 aliphatic heterocycles. The maximum Gasteiger partial charge on any atom is 0.203 e. The highest BCUT2D eigenvalue weighted by Gasteiger charge is 2.16. The zero-order chi connectivity index (χ0) is 19.4. The Kier molecular flexibility index (Phi) is 6.70. The number of halogens is 1. The third kappa shape index (κ3) is 4.60. The van der Waals surface area contributed by atoms with Gasteiger partial charge in [-0.15, -0.1) is 16.4 Å². The Morgan fingerprint density at radius 1 is 1.19 bits per heavy atom. The largest absolute Gasteiger partial charge is 0.497 e. The van der Waals surface area contributed by atoms with Crippen molar-refractivity contribution < 1.29 is 9.64 Å². The third-order valence-electron chi connectivity index (χ3n) is 4.51. The van der Waals surface area contributed by atoms with Crippen LogP contribution in [0, 0.1) is 4.77 Å². The predicted octanol–water partition coefficient (Wildman–Crippen LogP) is 3.89. The number of aromatic nitrogens is 3. The molecule has 8 heteroatoms. The third-order valence-corrected chi connectivity index (χ3v) is 6.18. The molecule has 0 amide bonds. The first kappa shape index (κ1) is 20.1. The van der Waals surface area contributed by atoms with Gasteiger partial charge in [0.15, 0.2) is 12.5 Å². The van der Waals surface area contributed by atoms with Gasteiger partial charge in [0.1, 0.15) is 12.3 Å². The Balaban J connectivity index is 1.86. The number of benzene rings is 1. The fourth-order valence-corrected chi connectivity index (χ4v) is 4.46. The van der Waals surface area contributed by atoms with Gasteiger partial charge in [-0.25, -0.2) is 0 Å². The number of quaternary nitrogens is 1. The lowest BCUT2D eigenvalue weighted by Gasteiger charge is -2.16. The highest BCUT2D eigenvalue weighted by Crippen LogP contribution is 2.22. The van der Waals surface area contributed by atoms with E-state index in [0.717, 1.165) is 52.5 Å². The molecule has 0 saturated heterocycles. The molecule has 0 radical (unpaired) electrons. The first-order valence-corrected chi connectivity index (χ1v) is 10.6. The molecule has 0 aliphatic carbocycles. The summed E-state index contributed by atoms with van der Waals surface area (Å²) in [7, 11) is 1.67. The van der Waals surface area contributed by atoms with E-state index < -0.39 is 0 Å². The van der Waals surface area contributed by atoms with Crippen LogP contribution in [0.3, 0.4) is 0 Å². The summed E-state index contributed by atoms with van der Waals surface area (Å²) in [5, 5.41) is 4.83. The molecule has 3 rings (SSSR count). The summed E-state index contributed by atoms with van der Waals surface area (Å²) in [5.74, 6) is 1.72. The van der Waals surface area contributed by atoms with Gasteiger partial charge < -0.3 is 14.2 Å². The minimum absolute atomic E-state index is 0.723. The molecule has 2 aromatic heterocycles. The van der Waals surface area contributed by atoms with Crippen LogP contribution in [0.2, 0.25) is 4.34 Å². The van der Waals surface area contributed by atoms with Crippen LogP contribution in [0.15, 0.2) is 36.4 Å². The van der Waals surface area contributed by atoms with Crippen molar-refractivity contribution in [3.63, 3.8) is 0 Å². The number of rotatable bonds is 8. The van der Waals surface area contributed by atoms with Gasteiger partial charge >= 0.3 is 0 Å². The predicted molar refractivity (Wildman–Crippen MR) is 113 cm³/mol. The average molecular weight is 424 g/mol. The molecule has 144 valence electrons. The monoisotopic (exact) mass is 423 g/mol. The summed E-state index contributed by atoms with van der Waals surface area (Å²) in [6.07, 6.45) is 0. The lowest BCUT2D eigenvalue weighted by Crippen LogP contribution is -3.09. The van der Waals surface area contributed by atoms with Crippen molar-refractivity contribution in [2.24, 2.45) is 0 Å². The maximum absolute atomic E-state index is 6.07. The molecule has 27 heavy (non-hydrogen) atoms. The Morgan fingerprint density at radius 2 is 1.93 bits per heavy atom. The number of hydrogen-bond acceptors (Lipinski definition) is 4. The van der Waals surface area contributed by atoms with Gasteiger partial charge in [-0.1, -0.05) is 11.6 Å². The van der Waals surface area contributed by atoms with Gasteiger partial charge in [-0.2, -0.15) is 4.68 Å². The van der Waals surface area contributed by atoms with Crippen LogP contribution in [-0.4, -0.2) is 28.0 Å². The van der Waals surface area contributed by atoms with E-state index >= 15 is 0 Å². The summed E-state index contributed by atoms with van der Waals surface area (Å²) in [4.78, 5) is 2.65. The van der Waals surface area contributed by atoms with Crippen molar-refractivity contribution in [1.29, 1.82) is 0 Å². The number of nitrogens with one attached hydrogen (secondary N) is 1. The standard InChI is InChI=1S/C19H23ClN4OS2/c1-4-22(12-16-10-11-17(20)27-16)13-24-19(26)23(5-2)18(21-24)14-6-8-15(25-3)9-7-14/h6-11H,4-5,12-13H2,1-3H3/p+1. The van der Waals surface area contributed by atoms with Gasteiger partial charge in [0.25, 0.3) is 0 Å². The summed E-state index contributed by atoms with van der Waals surface area (Å²) < 4.78 is 10.8. The van der Waals surface area contributed by atoms with Gasteiger partial charge in [0.2, 0.25) is 4.77 Å². The van der Waals surface area contributed by atoms with Crippen LogP contribution in [0.4, 0.5) is 0 Å². The number of nitrogens with zero attached hydrogens (tertiary/aromatic N) is 3. The lowest BCUT2D eigenvalue weighted by molar-refractivity contribution is -0.935.